The van der Waals surface area contributed by atoms with E-state index in [2.05, 4.69) is 0 Å². The van der Waals surface area contributed by atoms with E-state index in [1.54, 1.807) is 9.47 Å². The van der Waals surface area contributed by atoms with Gasteiger partial charge in [-0.15, -0.1) is 0 Å². The highest BCUT2D eigenvalue weighted by atomic mass is 16.6. The number of likely N-dealkylation sites (tertiary alicyclic amines) is 1. The minimum atomic E-state index is -0.475. The van der Waals surface area contributed by atoms with Gasteiger partial charge in [-0.25, -0.2) is 0 Å². The third-order valence-corrected chi connectivity index (χ3v) is 3.57. The van der Waals surface area contributed by atoms with Gasteiger partial charge in [0.1, 0.15) is 5.69 Å². The van der Waals surface area contributed by atoms with Crippen LogP contribution < -0.4 is 5.73 Å². The molecule has 2 N–H and O–H groups in total. The Kier molecular flexibility index (Phi) is 4.08. The lowest BCUT2D eigenvalue weighted by atomic mass is 10.1. The average Bonchev–Trinajstić information content (AvgIpc) is 2.83. The van der Waals surface area contributed by atoms with Crippen molar-refractivity contribution < 1.29 is 9.72 Å². The van der Waals surface area contributed by atoms with E-state index >= 15 is 0 Å². The van der Waals surface area contributed by atoms with Crippen LogP contribution in [0.2, 0.25) is 0 Å². The fourth-order valence-electron chi connectivity index (χ4n) is 2.52. The zero-order valence-electron chi connectivity index (χ0n) is 11.8. The predicted octanol–water partition coefficient (Wildman–Crippen LogP) is 1.54. The molecule has 0 bridgehead atoms. The molecule has 1 aliphatic rings. The number of nitrogens with zero attached hydrogens (tertiary/aromatic N) is 3. The van der Waals surface area contributed by atoms with E-state index in [1.807, 2.05) is 13.8 Å². The van der Waals surface area contributed by atoms with Crippen molar-refractivity contribution in [3.63, 3.8) is 0 Å². The maximum Gasteiger partial charge on any atom is 0.287 e. The molecule has 0 radical (unpaired) electrons. The molecule has 1 aromatic rings. The number of amides is 1. The summed E-state index contributed by atoms with van der Waals surface area (Å²) in [4.78, 5) is 24.6. The Morgan fingerprint density at radius 2 is 2.25 bits per heavy atom. The lowest BCUT2D eigenvalue weighted by molar-refractivity contribution is -0.384. The van der Waals surface area contributed by atoms with Crippen LogP contribution in [0.15, 0.2) is 12.3 Å². The number of hydrogen-bond acceptors (Lipinski definition) is 4. The molecule has 110 valence electrons. The highest BCUT2D eigenvalue weighted by molar-refractivity contribution is 5.93. The maximum absolute atomic E-state index is 12.5. The summed E-state index contributed by atoms with van der Waals surface area (Å²) in [5.74, 6) is -0.179. The van der Waals surface area contributed by atoms with Crippen molar-refractivity contribution in [2.24, 2.45) is 5.73 Å². The fraction of sp³-hybridized carbons (Fsp3) is 0.615. The van der Waals surface area contributed by atoms with Crippen LogP contribution in [0.25, 0.3) is 0 Å². The van der Waals surface area contributed by atoms with Crippen molar-refractivity contribution in [3.8, 4) is 0 Å². The average molecular weight is 280 g/mol. The van der Waals surface area contributed by atoms with E-state index in [4.69, 9.17) is 5.73 Å². The SMILES string of the molecule is CC(C)n1cc([N+](=O)[O-])cc1C(=O)N1CCC[C@@H](N)C1. The third kappa shape index (κ3) is 2.82. The van der Waals surface area contributed by atoms with Crippen LogP contribution in [-0.2, 0) is 0 Å². The van der Waals surface area contributed by atoms with Crippen LogP contribution in [0.3, 0.4) is 0 Å². The minimum absolute atomic E-state index is 0.00912. The Balaban J connectivity index is 2.30. The van der Waals surface area contributed by atoms with Gasteiger partial charge in [-0.2, -0.15) is 0 Å². The molecular formula is C13H20N4O3. The van der Waals surface area contributed by atoms with Gasteiger partial charge in [0.15, 0.2) is 0 Å². The molecule has 7 nitrogen and oxygen atoms in total. The molecule has 0 aromatic carbocycles. The molecule has 0 spiro atoms. The first-order chi connectivity index (χ1) is 9.40. The molecule has 1 amide bonds. The van der Waals surface area contributed by atoms with E-state index in [-0.39, 0.29) is 23.7 Å². The number of rotatable bonds is 3. The predicted molar refractivity (Wildman–Crippen MR) is 74.6 cm³/mol. The first-order valence-electron chi connectivity index (χ1n) is 6.81. The van der Waals surface area contributed by atoms with Gasteiger partial charge >= 0.3 is 0 Å². The molecule has 1 aliphatic heterocycles. The molecule has 0 saturated carbocycles. The smallest absolute Gasteiger partial charge is 0.287 e. The number of nitrogens with two attached hydrogens (primary N) is 1. The van der Waals surface area contributed by atoms with E-state index in [9.17, 15) is 14.9 Å². The van der Waals surface area contributed by atoms with Gasteiger partial charge in [-0.1, -0.05) is 0 Å². The van der Waals surface area contributed by atoms with Crippen LogP contribution >= 0.6 is 0 Å². The number of nitro groups is 1. The summed E-state index contributed by atoms with van der Waals surface area (Å²) in [6.45, 7) is 4.95. The van der Waals surface area contributed by atoms with Crippen molar-refractivity contribution in [1.82, 2.24) is 9.47 Å². The van der Waals surface area contributed by atoms with Gasteiger partial charge in [0.2, 0.25) is 0 Å². The summed E-state index contributed by atoms with van der Waals surface area (Å²) >= 11 is 0. The normalized spacial score (nSPS) is 19.4. The molecule has 1 fully saturated rings. The molecule has 0 aliphatic carbocycles. The van der Waals surface area contributed by atoms with Crippen molar-refractivity contribution in [1.29, 1.82) is 0 Å². The van der Waals surface area contributed by atoms with E-state index < -0.39 is 4.92 Å². The van der Waals surface area contributed by atoms with Gasteiger partial charge in [-0.05, 0) is 26.7 Å². The summed E-state index contributed by atoms with van der Waals surface area (Å²) in [7, 11) is 0. The maximum atomic E-state index is 12.5. The van der Waals surface area contributed by atoms with Crippen molar-refractivity contribution in [2.75, 3.05) is 13.1 Å². The molecule has 2 heterocycles. The summed E-state index contributed by atoms with van der Waals surface area (Å²) in [6.07, 6.45) is 3.20. The van der Waals surface area contributed by atoms with Crippen LogP contribution in [0.1, 0.15) is 43.2 Å². The lowest BCUT2D eigenvalue weighted by Crippen LogP contribution is -2.46. The summed E-state index contributed by atoms with van der Waals surface area (Å²) in [6, 6.07) is 1.33. The number of piperidine rings is 1. The van der Waals surface area contributed by atoms with E-state index in [1.165, 1.54) is 12.3 Å². The summed E-state index contributed by atoms with van der Waals surface area (Å²) < 4.78 is 1.65. The Hall–Kier alpha value is -1.89. The molecule has 7 heteroatoms. The van der Waals surface area contributed by atoms with Crippen LogP contribution in [0.5, 0.6) is 0 Å². The van der Waals surface area contributed by atoms with Crippen molar-refractivity contribution in [3.05, 3.63) is 28.1 Å². The second-order valence-electron chi connectivity index (χ2n) is 5.50. The van der Waals surface area contributed by atoms with Crippen LogP contribution in [-0.4, -0.2) is 39.4 Å². The second kappa shape index (κ2) is 5.62. The molecule has 2 rings (SSSR count). The topological polar surface area (TPSA) is 94.4 Å². The summed E-state index contributed by atoms with van der Waals surface area (Å²) in [5.41, 5.74) is 6.19. The lowest BCUT2D eigenvalue weighted by Gasteiger charge is -2.31. The van der Waals surface area contributed by atoms with Crippen LogP contribution in [0, 0.1) is 10.1 Å². The van der Waals surface area contributed by atoms with Gasteiger partial charge < -0.3 is 15.2 Å². The first kappa shape index (κ1) is 14.5. The summed E-state index contributed by atoms with van der Waals surface area (Å²) in [5, 5.41) is 10.9. The molecule has 1 saturated heterocycles. The minimum Gasteiger partial charge on any atom is -0.336 e. The molecule has 20 heavy (non-hydrogen) atoms. The zero-order chi connectivity index (χ0) is 14.9. The number of hydrogen-bond donors (Lipinski definition) is 1. The highest BCUT2D eigenvalue weighted by Crippen LogP contribution is 2.23. The quantitative estimate of drug-likeness (QED) is 0.671. The highest BCUT2D eigenvalue weighted by Gasteiger charge is 2.27. The third-order valence-electron chi connectivity index (χ3n) is 3.57. The molecule has 1 atom stereocenters. The van der Waals surface area contributed by atoms with Gasteiger partial charge in [0.25, 0.3) is 11.6 Å². The number of aromatic nitrogens is 1. The largest absolute Gasteiger partial charge is 0.336 e. The second-order valence-corrected chi connectivity index (χ2v) is 5.50. The Morgan fingerprint density at radius 3 is 2.80 bits per heavy atom. The van der Waals surface area contributed by atoms with Gasteiger partial charge in [-0.3, -0.25) is 14.9 Å². The van der Waals surface area contributed by atoms with Crippen molar-refractivity contribution in [2.45, 2.75) is 38.8 Å². The van der Waals surface area contributed by atoms with E-state index in [0.29, 0.717) is 18.8 Å². The first-order valence-corrected chi connectivity index (χ1v) is 6.81. The number of carbonyl (C=O) groups excluding carboxylic acids is 1. The Labute approximate surface area is 117 Å². The molecular weight excluding hydrogens is 260 g/mol. The van der Waals surface area contributed by atoms with E-state index in [0.717, 1.165) is 12.8 Å². The van der Waals surface area contributed by atoms with Crippen molar-refractivity contribution >= 4 is 11.6 Å². The zero-order valence-corrected chi connectivity index (χ0v) is 11.8. The van der Waals surface area contributed by atoms with Gasteiger partial charge in [0, 0.05) is 31.2 Å². The fourth-order valence-corrected chi connectivity index (χ4v) is 2.52. The monoisotopic (exact) mass is 280 g/mol. The molecule has 1 aromatic heterocycles. The van der Waals surface area contributed by atoms with Gasteiger partial charge in [0.05, 0.1) is 11.1 Å². The standard InChI is InChI=1S/C13H20N4O3/c1-9(2)16-8-11(17(19)20)6-12(16)13(18)15-5-3-4-10(14)7-15/h6,8-10H,3-5,7,14H2,1-2H3/t10-/m1/s1. The molecule has 0 unspecified atom stereocenters. The number of carbonyl (C=O) groups is 1. The Morgan fingerprint density at radius 1 is 1.55 bits per heavy atom. The van der Waals surface area contributed by atoms with Crippen LogP contribution in [0.4, 0.5) is 5.69 Å². The Bertz CT molecular complexity index is 524.